The standard InChI is InChI=1S/C21H26O3/c1-3-4-5-7-17-10-12-18(13-11-17)16-24-20-9-6-8-19(14-20)15-21(22)23-2/h6,8-14H,3-5,7,15-16H2,1-2H3. The zero-order valence-electron chi connectivity index (χ0n) is 14.6. The molecule has 24 heavy (non-hydrogen) atoms. The lowest BCUT2D eigenvalue weighted by molar-refractivity contribution is -0.139. The Balaban J connectivity index is 1.86. The first-order valence-electron chi connectivity index (χ1n) is 8.57. The van der Waals surface area contributed by atoms with Crippen LogP contribution in [-0.2, 0) is 29.0 Å². The molecule has 3 heteroatoms. The van der Waals surface area contributed by atoms with Gasteiger partial charge in [-0.2, -0.15) is 0 Å². The number of rotatable bonds is 9. The van der Waals surface area contributed by atoms with E-state index in [9.17, 15) is 4.79 Å². The van der Waals surface area contributed by atoms with E-state index < -0.39 is 0 Å². The average molecular weight is 326 g/mol. The minimum absolute atomic E-state index is 0.245. The van der Waals surface area contributed by atoms with Crippen molar-refractivity contribution < 1.29 is 14.3 Å². The molecule has 0 spiro atoms. The van der Waals surface area contributed by atoms with Crippen LogP contribution >= 0.6 is 0 Å². The topological polar surface area (TPSA) is 35.5 Å². The minimum atomic E-state index is -0.245. The molecule has 0 atom stereocenters. The van der Waals surface area contributed by atoms with Gasteiger partial charge < -0.3 is 9.47 Å². The van der Waals surface area contributed by atoms with Crippen LogP contribution in [0.1, 0.15) is 42.9 Å². The summed E-state index contributed by atoms with van der Waals surface area (Å²) in [5, 5.41) is 0. The van der Waals surface area contributed by atoms with Crippen molar-refractivity contribution in [2.45, 2.75) is 45.6 Å². The number of esters is 1. The van der Waals surface area contributed by atoms with Crippen molar-refractivity contribution in [3.05, 3.63) is 65.2 Å². The number of carbonyl (C=O) groups excluding carboxylic acids is 1. The average Bonchev–Trinajstić information content (AvgIpc) is 2.61. The summed E-state index contributed by atoms with van der Waals surface area (Å²) in [7, 11) is 1.40. The second-order valence-electron chi connectivity index (χ2n) is 5.96. The van der Waals surface area contributed by atoms with Crippen molar-refractivity contribution in [3.8, 4) is 5.75 Å². The maximum atomic E-state index is 11.3. The Hall–Kier alpha value is -2.29. The maximum absolute atomic E-state index is 11.3. The van der Waals surface area contributed by atoms with E-state index in [1.165, 1.54) is 31.9 Å². The largest absolute Gasteiger partial charge is 0.489 e. The molecule has 0 amide bonds. The highest BCUT2D eigenvalue weighted by Gasteiger charge is 2.04. The molecule has 0 saturated carbocycles. The highest BCUT2D eigenvalue weighted by molar-refractivity contribution is 5.72. The molecule has 0 aliphatic carbocycles. The number of unbranched alkanes of at least 4 members (excludes halogenated alkanes) is 2. The Bertz CT molecular complexity index is 632. The van der Waals surface area contributed by atoms with Crippen LogP contribution in [0.15, 0.2) is 48.5 Å². The number of methoxy groups -OCH3 is 1. The van der Waals surface area contributed by atoms with Crippen molar-refractivity contribution in [3.63, 3.8) is 0 Å². The summed E-state index contributed by atoms with van der Waals surface area (Å²) >= 11 is 0. The van der Waals surface area contributed by atoms with Crippen LogP contribution in [0.3, 0.4) is 0 Å². The van der Waals surface area contributed by atoms with E-state index in [0.29, 0.717) is 6.61 Å². The molecule has 0 aliphatic heterocycles. The van der Waals surface area contributed by atoms with Gasteiger partial charge in [-0.15, -0.1) is 0 Å². The molecule has 0 bridgehead atoms. The second kappa shape index (κ2) is 9.76. The molecule has 0 N–H and O–H groups in total. The minimum Gasteiger partial charge on any atom is -0.489 e. The molecule has 2 aromatic carbocycles. The van der Waals surface area contributed by atoms with Crippen molar-refractivity contribution in [2.24, 2.45) is 0 Å². The predicted octanol–water partition coefficient (Wildman–Crippen LogP) is 4.71. The third-order valence-electron chi connectivity index (χ3n) is 3.97. The Morgan fingerprint density at radius 2 is 1.71 bits per heavy atom. The Morgan fingerprint density at radius 3 is 2.42 bits per heavy atom. The lowest BCUT2D eigenvalue weighted by Crippen LogP contribution is -2.04. The van der Waals surface area contributed by atoms with Crippen LogP contribution in [-0.4, -0.2) is 13.1 Å². The third kappa shape index (κ3) is 6.07. The summed E-state index contributed by atoms with van der Waals surface area (Å²) in [5.74, 6) is 0.522. The van der Waals surface area contributed by atoms with E-state index in [-0.39, 0.29) is 12.4 Å². The van der Waals surface area contributed by atoms with E-state index >= 15 is 0 Å². The molecule has 0 aliphatic rings. The van der Waals surface area contributed by atoms with Gasteiger partial charge in [0.2, 0.25) is 0 Å². The van der Waals surface area contributed by atoms with Crippen LogP contribution in [0.2, 0.25) is 0 Å². The fourth-order valence-corrected chi connectivity index (χ4v) is 2.53. The SMILES string of the molecule is CCCCCc1ccc(COc2cccc(CC(=O)OC)c2)cc1. The molecular formula is C21H26O3. The highest BCUT2D eigenvalue weighted by Crippen LogP contribution is 2.16. The molecule has 2 aromatic rings. The molecule has 0 saturated heterocycles. The Kier molecular flexibility index (Phi) is 7.34. The van der Waals surface area contributed by atoms with E-state index in [1.54, 1.807) is 0 Å². The van der Waals surface area contributed by atoms with Gasteiger partial charge >= 0.3 is 5.97 Å². The number of aryl methyl sites for hydroxylation is 1. The van der Waals surface area contributed by atoms with Crippen molar-refractivity contribution in [1.82, 2.24) is 0 Å². The smallest absolute Gasteiger partial charge is 0.309 e. The van der Waals surface area contributed by atoms with E-state index in [4.69, 9.17) is 4.74 Å². The third-order valence-corrected chi connectivity index (χ3v) is 3.97. The first-order valence-corrected chi connectivity index (χ1v) is 8.57. The molecule has 0 unspecified atom stereocenters. The van der Waals surface area contributed by atoms with Gasteiger partial charge in [-0.3, -0.25) is 4.79 Å². The monoisotopic (exact) mass is 326 g/mol. The van der Waals surface area contributed by atoms with Gasteiger partial charge in [-0.1, -0.05) is 56.2 Å². The van der Waals surface area contributed by atoms with Gasteiger partial charge in [0, 0.05) is 0 Å². The van der Waals surface area contributed by atoms with Crippen molar-refractivity contribution in [2.75, 3.05) is 7.11 Å². The van der Waals surface area contributed by atoms with Crippen LogP contribution in [0.25, 0.3) is 0 Å². The van der Waals surface area contributed by atoms with Crippen LogP contribution in [0.5, 0.6) is 5.75 Å². The van der Waals surface area contributed by atoms with Crippen LogP contribution in [0.4, 0.5) is 0 Å². The first-order chi connectivity index (χ1) is 11.7. The zero-order valence-corrected chi connectivity index (χ0v) is 14.6. The number of benzene rings is 2. The number of hydrogen-bond acceptors (Lipinski definition) is 3. The fraction of sp³-hybridized carbons (Fsp3) is 0.381. The zero-order chi connectivity index (χ0) is 17.2. The molecule has 2 rings (SSSR count). The fourth-order valence-electron chi connectivity index (χ4n) is 2.53. The van der Waals surface area contributed by atoms with E-state index in [2.05, 4.69) is 35.9 Å². The summed E-state index contributed by atoms with van der Waals surface area (Å²) in [6, 6.07) is 16.2. The van der Waals surface area contributed by atoms with Gasteiger partial charge in [0.05, 0.1) is 13.5 Å². The summed E-state index contributed by atoms with van der Waals surface area (Å²) < 4.78 is 10.5. The molecule has 0 aromatic heterocycles. The van der Waals surface area contributed by atoms with Gasteiger partial charge in [0.15, 0.2) is 0 Å². The summed E-state index contributed by atoms with van der Waals surface area (Å²) in [4.78, 5) is 11.3. The number of carbonyl (C=O) groups is 1. The highest BCUT2D eigenvalue weighted by atomic mass is 16.5. The van der Waals surface area contributed by atoms with Crippen molar-refractivity contribution >= 4 is 5.97 Å². The molecule has 0 radical (unpaired) electrons. The predicted molar refractivity (Wildman–Crippen MR) is 96.2 cm³/mol. The molecule has 0 fully saturated rings. The van der Waals surface area contributed by atoms with Gasteiger partial charge in [0.1, 0.15) is 12.4 Å². The molecule has 0 heterocycles. The van der Waals surface area contributed by atoms with E-state index in [0.717, 1.165) is 23.3 Å². The molecule has 128 valence electrons. The number of ether oxygens (including phenoxy) is 2. The second-order valence-corrected chi connectivity index (χ2v) is 5.96. The van der Waals surface area contributed by atoms with Gasteiger partial charge in [0.25, 0.3) is 0 Å². The Labute approximate surface area is 144 Å². The molecular weight excluding hydrogens is 300 g/mol. The summed E-state index contributed by atoms with van der Waals surface area (Å²) in [5.41, 5.74) is 3.42. The maximum Gasteiger partial charge on any atom is 0.309 e. The summed E-state index contributed by atoms with van der Waals surface area (Å²) in [6.07, 6.45) is 5.19. The summed E-state index contributed by atoms with van der Waals surface area (Å²) in [6.45, 7) is 2.75. The quantitative estimate of drug-likeness (QED) is 0.494. The van der Waals surface area contributed by atoms with Crippen LogP contribution < -0.4 is 4.74 Å². The Morgan fingerprint density at radius 1 is 0.958 bits per heavy atom. The van der Waals surface area contributed by atoms with E-state index in [1.807, 2.05) is 24.3 Å². The van der Waals surface area contributed by atoms with Gasteiger partial charge in [-0.25, -0.2) is 0 Å². The number of hydrogen-bond donors (Lipinski definition) is 0. The van der Waals surface area contributed by atoms with Crippen LogP contribution in [0, 0.1) is 0 Å². The lowest BCUT2D eigenvalue weighted by Gasteiger charge is -2.09. The lowest BCUT2D eigenvalue weighted by atomic mass is 10.1. The first kappa shape index (κ1) is 18.1. The molecule has 3 nitrogen and oxygen atoms in total. The van der Waals surface area contributed by atoms with Crippen molar-refractivity contribution in [1.29, 1.82) is 0 Å². The van der Waals surface area contributed by atoms with Gasteiger partial charge in [-0.05, 0) is 41.7 Å². The normalized spacial score (nSPS) is 10.4.